The SMILES string of the molecule is CCNC(c1ccc(C2CCC2)cc1)c1ncc(C)cn1. The minimum Gasteiger partial charge on any atom is -0.304 e. The highest BCUT2D eigenvalue weighted by Crippen LogP contribution is 2.36. The maximum absolute atomic E-state index is 4.48. The highest BCUT2D eigenvalue weighted by molar-refractivity contribution is 5.31. The lowest BCUT2D eigenvalue weighted by Crippen LogP contribution is -2.24. The molecule has 0 saturated heterocycles. The average Bonchev–Trinajstić information content (AvgIpc) is 2.45. The van der Waals surface area contributed by atoms with Gasteiger partial charge in [-0.2, -0.15) is 0 Å². The molecule has 2 aromatic rings. The second-order valence-electron chi connectivity index (χ2n) is 5.90. The molecule has 0 radical (unpaired) electrons. The van der Waals surface area contributed by atoms with Gasteiger partial charge in [-0.05, 0) is 48.9 Å². The number of aryl methyl sites for hydroxylation is 1. The van der Waals surface area contributed by atoms with Gasteiger partial charge in [-0.3, -0.25) is 0 Å². The van der Waals surface area contributed by atoms with E-state index in [1.165, 1.54) is 30.4 Å². The summed E-state index contributed by atoms with van der Waals surface area (Å²) in [5.74, 6) is 1.63. The van der Waals surface area contributed by atoms with Gasteiger partial charge in [0.1, 0.15) is 5.82 Å². The first kappa shape index (κ1) is 14.2. The molecule has 1 aliphatic carbocycles. The van der Waals surface area contributed by atoms with Crippen molar-refractivity contribution < 1.29 is 0 Å². The van der Waals surface area contributed by atoms with Gasteiger partial charge < -0.3 is 5.32 Å². The number of nitrogens with zero attached hydrogens (tertiary/aromatic N) is 2. The molecule has 1 aromatic heterocycles. The van der Waals surface area contributed by atoms with Crippen LogP contribution in [0.3, 0.4) is 0 Å². The lowest BCUT2D eigenvalue weighted by Gasteiger charge is -2.26. The van der Waals surface area contributed by atoms with Crippen LogP contribution in [-0.4, -0.2) is 16.5 Å². The summed E-state index contributed by atoms with van der Waals surface area (Å²) in [6, 6.07) is 9.08. The molecule has 21 heavy (non-hydrogen) atoms. The van der Waals surface area contributed by atoms with Crippen LogP contribution in [0.25, 0.3) is 0 Å². The Balaban J connectivity index is 1.84. The summed E-state index contributed by atoms with van der Waals surface area (Å²) in [6.07, 6.45) is 7.84. The zero-order valence-electron chi connectivity index (χ0n) is 12.8. The fraction of sp³-hybridized carbons (Fsp3) is 0.444. The second-order valence-corrected chi connectivity index (χ2v) is 5.90. The molecule has 1 atom stereocenters. The van der Waals surface area contributed by atoms with E-state index in [9.17, 15) is 0 Å². The molecule has 1 fully saturated rings. The molecule has 110 valence electrons. The molecular formula is C18H23N3. The molecule has 1 unspecified atom stereocenters. The molecule has 1 aliphatic rings. The number of hydrogen-bond acceptors (Lipinski definition) is 3. The third kappa shape index (κ3) is 3.13. The predicted octanol–water partition coefficient (Wildman–Crippen LogP) is 3.75. The maximum Gasteiger partial charge on any atom is 0.149 e. The molecule has 1 N–H and O–H groups in total. The minimum absolute atomic E-state index is 0.0750. The van der Waals surface area contributed by atoms with Gasteiger partial charge in [0.05, 0.1) is 6.04 Å². The summed E-state index contributed by atoms with van der Waals surface area (Å²) in [4.78, 5) is 8.97. The third-order valence-electron chi connectivity index (χ3n) is 4.31. The van der Waals surface area contributed by atoms with E-state index in [4.69, 9.17) is 0 Å². The number of nitrogens with one attached hydrogen (secondary N) is 1. The molecular weight excluding hydrogens is 258 g/mol. The van der Waals surface area contributed by atoms with Crippen LogP contribution >= 0.6 is 0 Å². The normalized spacial score (nSPS) is 16.5. The van der Waals surface area contributed by atoms with Gasteiger partial charge in [0, 0.05) is 12.4 Å². The third-order valence-corrected chi connectivity index (χ3v) is 4.31. The van der Waals surface area contributed by atoms with E-state index >= 15 is 0 Å². The molecule has 0 amide bonds. The van der Waals surface area contributed by atoms with Gasteiger partial charge in [-0.1, -0.05) is 37.6 Å². The maximum atomic E-state index is 4.48. The van der Waals surface area contributed by atoms with Gasteiger partial charge >= 0.3 is 0 Å². The largest absolute Gasteiger partial charge is 0.304 e. The molecule has 3 rings (SSSR count). The van der Waals surface area contributed by atoms with Crippen LogP contribution in [0.5, 0.6) is 0 Å². The molecule has 3 nitrogen and oxygen atoms in total. The van der Waals surface area contributed by atoms with Crippen molar-refractivity contribution in [3.8, 4) is 0 Å². The molecule has 1 heterocycles. The van der Waals surface area contributed by atoms with Crippen LogP contribution in [0.2, 0.25) is 0 Å². The predicted molar refractivity (Wildman–Crippen MR) is 85.3 cm³/mol. The van der Waals surface area contributed by atoms with Crippen LogP contribution < -0.4 is 5.32 Å². The molecule has 0 bridgehead atoms. The van der Waals surface area contributed by atoms with Crippen LogP contribution in [0.1, 0.15) is 60.7 Å². The molecule has 1 aromatic carbocycles. The van der Waals surface area contributed by atoms with Gasteiger partial charge in [-0.15, -0.1) is 0 Å². The van der Waals surface area contributed by atoms with Crippen molar-refractivity contribution >= 4 is 0 Å². The van der Waals surface area contributed by atoms with Crippen LogP contribution in [0, 0.1) is 6.92 Å². The van der Waals surface area contributed by atoms with E-state index in [2.05, 4.69) is 46.5 Å². The lowest BCUT2D eigenvalue weighted by atomic mass is 9.80. The van der Waals surface area contributed by atoms with E-state index in [-0.39, 0.29) is 6.04 Å². The number of rotatable bonds is 5. The monoisotopic (exact) mass is 281 g/mol. The second kappa shape index (κ2) is 6.35. The standard InChI is InChI=1S/C18H23N3/c1-3-19-17(18-20-11-13(2)12-21-18)16-9-7-15(8-10-16)14-5-4-6-14/h7-12,14,17,19H,3-6H2,1-2H3. The quantitative estimate of drug-likeness (QED) is 0.907. The fourth-order valence-electron chi connectivity index (χ4n) is 2.82. The van der Waals surface area contributed by atoms with Gasteiger partial charge in [0.2, 0.25) is 0 Å². The number of hydrogen-bond donors (Lipinski definition) is 1. The highest BCUT2D eigenvalue weighted by Gasteiger charge is 2.20. The summed E-state index contributed by atoms with van der Waals surface area (Å²) < 4.78 is 0. The Morgan fingerprint density at radius 1 is 1.14 bits per heavy atom. The van der Waals surface area contributed by atoms with Crippen molar-refractivity contribution in [3.05, 3.63) is 59.2 Å². The smallest absolute Gasteiger partial charge is 0.149 e. The Labute approximate surface area is 126 Å². The number of benzene rings is 1. The minimum atomic E-state index is 0.0750. The molecule has 0 spiro atoms. The van der Waals surface area contributed by atoms with E-state index in [0.29, 0.717) is 0 Å². The Morgan fingerprint density at radius 3 is 2.33 bits per heavy atom. The van der Waals surface area contributed by atoms with Gasteiger partial charge in [0.15, 0.2) is 0 Å². The first-order valence-corrected chi connectivity index (χ1v) is 7.89. The van der Waals surface area contributed by atoms with E-state index in [1.54, 1.807) is 0 Å². The van der Waals surface area contributed by atoms with E-state index < -0.39 is 0 Å². The van der Waals surface area contributed by atoms with Crippen LogP contribution in [-0.2, 0) is 0 Å². The number of aromatic nitrogens is 2. The summed E-state index contributed by atoms with van der Waals surface area (Å²) in [5, 5.41) is 3.49. The van der Waals surface area contributed by atoms with E-state index in [0.717, 1.165) is 23.9 Å². The van der Waals surface area contributed by atoms with Gasteiger partial charge in [0.25, 0.3) is 0 Å². The Kier molecular flexibility index (Phi) is 4.30. The summed E-state index contributed by atoms with van der Waals surface area (Å²) in [7, 11) is 0. The summed E-state index contributed by atoms with van der Waals surface area (Å²) in [5.41, 5.74) is 3.81. The highest BCUT2D eigenvalue weighted by atomic mass is 15.0. The summed E-state index contributed by atoms with van der Waals surface area (Å²) >= 11 is 0. The Morgan fingerprint density at radius 2 is 1.81 bits per heavy atom. The van der Waals surface area contributed by atoms with Crippen molar-refractivity contribution in [2.24, 2.45) is 0 Å². The van der Waals surface area contributed by atoms with E-state index in [1.807, 2.05) is 19.3 Å². The van der Waals surface area contributed by atoms with Gasteiger partial charge in [-0.25, -0.2) is 9.97 Å². The molecule has 0 aliphatic heterocycles. The first-order valence-electron chi connectivity index (χ1n) is 7.89. The van der Waals surface area contributed by atoms with Crippen molar-refractivity contribution in [1.29, 1.82) is 0 Å². The van der Waals surface area contributed by atoms with Crippen molar-refractivity contribution in [3.63, 3.8) is 0 Å². The van der Waals surface area contributed by atoms with Crippen molar-refractivity contribution in [2.75, 3.05) is 6.54 Å². The zero-order chi connectivity index (χ0) is 14.7. The zero-order valence-corrected chi connectivity index (χ0v) is 12.8. The Bertz CT molecular complexity index is 570. The topological polar surface area (TPSA) is 37.8 Å². The Hall–Kier alpha value is -1.74. The van der Waals surface area contributed by atoms with Crippen molar-refractivity contribution in [2.45, 2.75) is 45.1 Å². The lowest BCUT2D eigenvalue weighted by molar-refractivity contribution is 0.419. The summed E-state index contributed by atoms with van der Waals surface area (Å²) in [6.45, 7) is 5.02. The average molecular weight is 281 g/mol. The molecule has 3 heteroatoms. The van der Waals surface area contributed by atoms with Crippen LogP contribution in [0.15, 0.2) is 36.7 Å². The fourth-order valence-corrected chi connectivity index (χ4v) is 2.82. The van der Waals surface area contributed by atoms with Crippen LogP contribution in [0.4, 0.5) is 0 Å². The molecule has 1 saturated carbocycles. The van der Waals surface area contributed by atoms with Crippen molar-refractivity contribution in [1.82, 2.24) is 15.3 Å². The first-order chi connectivity index (χ1) is 10.3.